The van der Waals surface area contributed by atoms with Crippen molar-refractivity contribution in [2.45, 2.75) is 6.61 Å². The van der Waals surface area contributed by atoms with Gasteiger partial charge in [0.25, 0.3) is 5.91 Å². The molecule has 150 valence electrons. The summed E-state index contributed by atoms with van der Waals surface area (Å²) >= 11 is 8.65. The Labute approximate surface area is 191 Å². The van der Waals surface area contributed by atoms with Crippen LogP contribution in [0.5, 0.6) is 11.5 Å². The molecule has 8 heteroatoms. The van der Waals surface area contributed by atoms with E-state index in [4.69, 9.17) is 21.7 Å². The lowest BCUT2D eigenvalue weighted by Crippen LogP contribution is -2.27. The first-order chi connectivity index (χ1) is 13.9. The van der Waals surface area contributed by atoms with Gasteiger partial charge in [0.05, 0.1) is 15.6 Å². The molecule has 2 aromatic carbocycles. The van der Waals surface area contributed by atoms with Gasteiger partial charge < -0.3 is 9.47 Å². The van der Waals surface area contributed by atoms with Gasteiger partial charge in [-0.3, -0.25) is 9.69 Å². The van der Waals surface area contributed by atoms with Crippen LogP contribution in [-0.4, -0.2) is 28.8 Å². The Hall–Kier alpha value is -1.91. The lowest BCUT2D eigenvalue weighted by molar-refractivity contribution is -0.121. The van der Waals surface area contributed by atoms with E-state index in [1.54, 1.807) is 36.4 Å². The lowest BCUT2D eigenvalue weighted by atomic mass is 10.1. The van der Waals surface area contributed by atoms with Gasteiger partial charge in [-0.1, -0.05) is 48.3 Å². The third-order valence-electron chi connectivity index (χ3n) is 4.06. The number of nitrogens with zero attached hydrogens (tertiary/aromatic N) is 1. The van der Waals surface area contributed by atoms with Crippen LogP contribution in [0.1, 0.15) is 11.1 Å². The molecular formula is C21H17FINO3S2. The second kappa shape index (κ2) is 9.73. The van der Waals surface area contributed by atoms with Crippen LogP contribution in [0, 0.1) is 9.39 Å². The first-order valence-corrected chi connectivity index (χ1v) is 10.8. The number of rotatable bonds is 7. The van der Waals surface area contributed by atoms with E-state index in [0.717, 1.165) is 9.13 Å². The van der Waals surface area contributed by atoms with Crippen molar-refractivity contribution >= 4 is 62.9 Å². The number of halogens is 2. The van der Waals surface area contributed by atoms with Crippen molar-refractivity contribution < 1.29 is 18.7 Å². The van der Waals surface area contributed by atoms with E-state index < -0.39 is 0 Å². The van der Waals surface area contributed by atoms with Gasteiger partial charge >= 0.3 is 0 Å². The largest absolute Gasteiger partial charge is 0.493 e. The number of ether oxygens (including phenoxy) is 2. The number of benzene rings is 2. The number of carbonyl (C=O) groups is 1. The maximum absolute atomic E-state index is 13.8. The first-order valence-electron chi connectivity index (χ1n) is 8.54. The third kappa shape index (κ3) is 4.99. The SMILES string of the molecule is C=CCN1C(=O)/C(=C\c2cc(I)c(OCc3ccccc3F)c(OC)c2)SC1=S. The average Bonchev–Trinajstić information content (AvgIpc) is 2.95. The summed E-state index contributed by atoms with van der Waals surface area (Å²) in [7, 11) is 1.54. The number of amides is 1. The van der Waals surface area contributed by atoms with Gasteiger partial charge in [-0.25, -0.2) is 4.39 Å². The molecule has 0 radical (unpaired) electrons. The van der Waals surface area contributed by atoms with E-state index in [1.165, 1.54) is 29.8 Å². The smallest absolute Gasteiger partial charge is 0.266 e. The summed E-state index contributed by atoms with van der Waals surface area (Å²) in [5.41, 5.74) is 1.24. The molecule has 29 heavy (non-hydrogen) atoms. The van der Waals surface area contributed by atoms with Gasteiger partial charge in [0.2, 0.25) is 0 Å². The van der Waals surface area contributed by atoms with Gasteiger partial charge in [0.1, 0.15) is 16.7 Å². The average molecular weight is 541 g/mol. The van der Waals surface area contributed by atoms with Crippen molar-refractivity contribution in [2.75, 3.05) is 13.7 Å². The highest BCUT2D eigenvalue weighted by molar-refractivity contribution is 14.1. The van der Waals surface area contributed by atoms with Crippen LogP contribution < -0.4 is 9.47 Å². The van der Waals surface area contributed by atoms with Gasteiger partial charge in [-0.05, 0) is 52.4 Å². The molecule has 0 aromatic heterocycles. The first kappa shape index (κ1) is 21.8. The Balaban J connectivity index is 1.85. The van der Waals surface area contributed by atoms with Crippen LogP contribution in [-0.2, 0) is 11.4 Å². The van der Waals surface area contributed by atoms with Crippen LogP contribution in [0.2, 0.25) is 0 Å². The number of thioether (sulfide) groups is 1. The molecule has 1 aliphatic rings. The summed E-state index contributed by atoms with van der Waals surface area (Å²) in [5.74, 6) is 0.558. The Morgan fingerprint density at radius 2 is 2.10 bits per heavy atom. The number of hydrogen-bond donors (Lipinski definition) is 0. The molecule has 3 rings (SSSR count). The molecule has 1 saturated heterocycles. The molecule has 0 N–H and O–H groups in total. The molecule has 1 aliphatic heterocycles. The molecule has 0 aliphatic carbocycles. The highest BCUT2D eigenvalue weighted by Gasteiger charge is 2.31. The zero-order valence-corrected chi connectivity index (χ0v) is 19.3. The third-order valence-corrected chi connectivity index (χ3v) is 6.24. The molecule has 0 atom stereocenters. The van der Waals surface area contributed by atoms with Gasteiger partial charge in [0.15, 0.2) is 11.5 Å². The van der Waals surface area contributed by atoms with E-state index in [-0.39, 0.29) is 18.3 Å². The Bertz CT molecular complexity index is 1010. The molecule has 0 bridgehead atoms. The molecule has 1 heterocycles. The molecule has 0 saturated carbocycles. The molecule has 0 spiro atoms. The Kier molecular flexibility index (Phi) is 7.31. The minimum Gasteiger partial charge on any atom is -0.493 e. The van der Waals surface area contributed by atoms with E-state index in [2.05, 4.69) is 29.2 Å². The van der Waals surface area contributed by atoms with Gasteiger partial charge in [0, 0.05) is 12.1 Å². The second-order valence-electron chi connectivity index (χ2n) is 6.00. The van der Waals surface area contributed by atoms with Crippen molar-refractivity contribution in [3.63, 3.8) is 0 Å². The quantitative estimate of drug-likeness (QED) is 0.203. The fourth-order valence-electron chi connectivity index (χ4n) is 2.67. The van der Waals surface area contributed by atoms with Crippen LogP contribution in [0.15, 0.2) is 54.0 Å². The van der Waals surface area contributed by atoms with E-state index in [9.17, 15) is 9.18 Å². The van der Waals surface area contributed by atoms with Crippen LogP contribution >= 0.6 is 46.6 Å². The normalized spacial score (nSPS) is 15.1. The fourth-order valence-corrected chi connectivity index (χ4v) is 4.72. The second-order valence-corrected chi connectivity index (χ2v) is 8.83. The monoisotopic (exact) mass is 541 g/mol. The van der Waals surface area contributed by atoms with Crippen molar-refractivity contribution in [3.05, 3.63) is 74.5 Å². The van der Waals surface area contributed by atoms with Crippen LogP contribution in [0.3, 0.4) is 0 Å². The highest BCUT2D eigenvalue weighted by Crippen LogP contribution is 2.37. The minimum atomic E-state index is -0.320. The number of thiocarbonyl (C=S) groups is 1. The maximum Gasteiger partial charge on any atom is 0.266 e. The zero-order chi connectivity index (χ0) is 21.0. The predicted molar refractivity (Wildman–Crippen MR) is 127 cm³/mol. The summed E-state index contributed by atoms with van der Waals surface area (Å²) in [6.45, 7) is 4.12. The minimum absolute atomic E-state index is 0.0819. The van der Waals surface area contributed by atoms with Gasteiger partial charge in [-0.2, -0.15) is 0 Å². The van der Waals surface area contributed by atoms with Crippen LogP contribution in [0.25, 0.3) is 6.08 Å². The summed E-state index contributed by atoms with van der Waals surface area (Å²) < 4.78 is 26.4. The molecular weight excluding hydrogens is 524 g/mol. The number of hydrogen-bond acceptors (Lipinski definition) is 5. The van der Waals surface area contributed by atoms with Crippen molar-refractivity contribution in [3.8, 4) is 11.5 Å². The highest BCUT2D eigenvalue weighted by atomic mass is 127. The van der Waals surface area contributed by atoms with Crippen LogP contribution in [0.4, 0.5) is 4.39 Å². The van der Waals surface area contributed by atoms with E-state index in [1.807, 2.05) is 6.07 Å². The zero-order valence-electron chi connectivity index (χ0n) is 15.5. The number of methoxy groups -OCH3 is 1. The molecule has 4 nitrogen and oxygen atoms in total. The topological polar surface area (TPSA) is 38.8 Å². The van der Waals surface area contributed by atoms with Crippen molar-refractivity contribution in [1.29, 1.82) is 0 Å². The summed E-state index contributed by atoms with van der Waals surface area (Å²) in [6.07, 6.45) is 3.41. The molecule has 0 unspecified atom stereocenters. The van der Waals surface area contributed by atoms with E-state index in [0.29, 0.717) is 32.8 Å². The van der Waals surface area contributed by atoms with Crippen molar-refractivity contribution in [1.82, 2.24) is 4.90 Å². The Morgan fingerprint density at radius 3 is 2.79 bits per heavy atom. The fraction of sp³-hybridized carbons (Fsp3) is 0.143. The van der Waals surface area contributed by atoms with Gasteiger partial charge in [-0.15, -0.1) is 6.58 Å². The summed E-state index contributed by atoms with van der Waals surface area (Å²) in [6, 6.07) is 10.1. The standard InChI is InChI=1S/C21H17FINO3S2/c1-3-8-24-20(25)18(29-21(24)28)11-13-9-16(23)19(17(10-13)26-2)27-12-14-6-4-5-7-15(14)22/h3-7,9-11H,1,8,12H2,2H3/b18-11+. The van der Waals surface area contributed by atoms with Crippen molar-refractivity contribution in [2.24, 2.45) is 0 Å². The molecule has 2 aromatic rings. The summed E-state index contributed by atoms with van der Waals surface area (Å²) in [5, 5.41) is 0. The number of carbonyl (C=O) groups excluding carboxylic acids is 1. The lowest BCUT2D eigenvalue weighted by Gasteiger charge is -2.14. The maximum atomic E-state index is 13.8. The predicted octanol–water partition coefficient (Wildman–Crippen LogP) is 5.41. The van der Waals surface area contributed by atoms with E-state index >= 15 is 0 Å². The molecule has 1 amide bonds. The summed E-state index contributed by atoms with van der Waals surface area (Å²) in [4.78, 5) is 14.6. The Morgan fingerprint density at radius 1 is 1.34 bits per heavy atom. The molecule has 1 fully saturated rings.